The summed E-state index contributed by atoms with van der Waals surface area (Å²) in [6.07, 6.45) is 3.67. The van der Waals surface area contributed by atoms with Gasteiger partial charge < -0.3 is 15.2 Å². The molecular formula is C25H24F2N2O6S2. The number of amides is 1. The molecular weight excluding hydrogens is 526 g/mol. The third kappa shape index (κ3) is 6.50. The highest BCUT2D eigenvalue weighted by atomic mass is 32.2. The molecule has 0 aliphatic heterocycles. The molecule has 8 nitrogen and oxygen atoms in total. The number of carbonyl (C=O) groups is 2. The number of nitrogens with one attached hydrogen (secondary N) is 1. The fourth-order valence-corrected chi connectivity index (χ4v) is 6.95. The molecule has 1 aliphatic rings. The van der Waals surface area contributed by atoms with E-state index in [0.717, 1.165) is 42.7 Å². The largest absolute Gasteiger partial charge is 0.481 e. The van der Waals surface area contributed by atoms with Crippen molar-refractivity contribution < 1.29 is 36.6 Å². The van der Waals surface area contributed by atoms with Crippen molar-refractivity contribution >= 4 is 38.1 Å². The molecule has 3 aromatic rings. The van der Waals surface area contributed by atoms with Crippen LogP contribution < -0.4 is 10.1 Å². The quantitative estimate of drug-likeness (QED) is 0.391. The maximum atomic E-state index is 13.7. The predicted octanol–water partition coefficient (Wildman–Crippen LogP) is 4.84. The number of carboxylic acid groups (broad SMARTS) is 1. The molecule has 2 N–H and O–H groups in total. The summed E-state index contributed by atoms with van der Waals surface area (Å²) >= 11 is 1.02. The zero-order valence-corrected chi connectivity index (χ0v) is 21.2. The Morgan fingerprint density at radius 1 is 1.08 bits per heavy atom. The molecule has 196 valence electrons. The lowest BCUT2D eigenvalue weighted by Crippen LogP contribution is -2.24. The number of sulfone groups is 1. The van der Waals surface area contributed by atoms with Gasteiger partial charge in [0.1, 0.15) is 15.8 Å². The Morgan fingerprint density at radius 2 is 1.78 bits per heavy atom. The Hall–Kier alpha value is -3.38. The van der Waals surface area contributed by atoms with E-state index in [0.29, 0.717) is 29.5 Å². The zero-order chi connectivity index (χ0) is 26.6. The number of benzene rings is 2. The fraction of sp³-hybridized carbons (Fsp3) is 0.320. The number of anilines is 1. The topological polar surface area (TPSA) is 123 Å². The average molecular weight is 551 g/mol. The highest BCUT2D eigenvalue weighted by Crippen LogP contribution is 2.34. The molecule has 0 unspecified atom stereocenters. The van der Waals surface area contributed by atoms with Crippen LogP contribution in [0.3, 0.4) is 0 Å². The van der Waals surface area contributed by atoms with Crippen LogP contribution in [0.4, 0.5) is 13.8 Å². The lowest BCUT2D eigenvalue weighted by atomic mass is 10.0. The summed E-state index contributed by atoms with van der Waals surface area (Å²) in [6, 6.07) is 8.90. The summed E-state index contributed by atoms with van der Waals surface area (Å²) < 4.78 is 57.8. The molecule has 2 aromatic carbocycles. The van der Waals surface area contributed by atoms with Crippen molar-refractivity contribution in [2.45, 2.75) is 48.7 Å². The van der Waals surface area contributed by atoms with E-state index in [1.807, 2.05) is 0 Å². The second-order valence-corrected chi connectivity index (χ2v) is 11.8. The molecule has 1 fully saturated rings. The van der Waals surface area contributed by atoms with Gasteiger partial charge in [0.05, 0.1) is 22.3 Å². The number of carboxylic acids is 1. The van der Waals surface area contributed by atoms with Crippen LogP contribution in [-0.4, -0.2) is 42.2 Å². The lowest BCUT2D eigenvalue weighted by molar-refractivity contribution is -0.136. The Morgan fingerprint density at radius 3 is 2.43 bits per heavy atom. The average Bonchev–Trinajstić information content (AvgIpc) is 3.25. The number of rotatable bonds is 9. The summed E-state index contributed by atoms with van der Waals surface area (Å²) in [6.45, 7) is -0.601. The Kier molecular flexibility index (Phi) is 8.18. The van der Waals surface area contributed by atoms with Gasteiger partial charge in [-0.15, -0.1) is 0 Å². The molecule has 1 heterocycles. The Bertz CT molecular complexity index is 1400. The molecule has 0 atom stereocenters. The van der Waals surface area contributed by atoms with Gasteiger partial charge in [0.15, 0.2) is 28.0 Å². The zero-order valence-electron chi connectivity index (χ0n) is 19.6. The van der Waals surface area contributed by atoms with Crippen molar-refractivity contribution in [1.29, 1.82) is 0 Å². The highest BCUT2D eigenvalue weighted by molar-refractivity contribution is 7.92. The summed E-state index contributed by atoms with van der Waals surface area (Å²) in [4.78, 5) is 28.3. The van der Waals surface area contributed by atoms with Crippen molar-refractivity contribution in [3.63, 3.8) is 0 Å². The van der Waals surface area contributed by atoms with Crippen LogP contribution in [0.25, 0.3) is 10.6 Å². The first-order chi connectivity index (χ1) is 17.6. The van der Waals surface area contributed by atoms with Crippen LogP contribution >= 0.6 is 11.3 Å². The molecule has 12 heteroatoms. The molecule has 1 amide bonds. The van der Waals surface area contributed by atoms with E-state index in [2.05, 4.69) is 10.3 Å². The second kappa shape index (κ2) is 11.3. The normalized spacial score (nSPS) is 14.3. The van der Waals surface area contributed by atoms with Crippen molar-refractivity contribution in [2.75, 3.05) is 11.9 Å². The molecule has 0 saturated heterocycles. The Labute approximate surface area is 216 Å². The third-order valence-corrected chi connectivity index (χ3v) is 9.28. The van der Waals surface area contributed by atoms with Crippen LogP contribution in [0, 0.1) is 11.6 Å². The molecule has 0 spiro atoms. The minimum absolute atomic E-state index is 0.104. The number of aliphatic carboxylic acids is 1. The van der Waals surface area contributed by atoms with Gasteiger partial charge in [-0.1, -0.05) is 42.7 Å². The van der Waals surface area contributed by atoms with E-state index in [9.17, 15) is 31.9 Å². The third-order valence-electron chi connectivity index (χ3n) is 5.94. The number of aromatic nitrogens is 1. The van der Waals surface area contributed by atoms with Gasteiger partial charge in [-0.25, -0.2) is 22.2 Å². The number of halogens is 2. The summed E-state index contributed by atoms with van der Waals surface area (Å²) in [5.74, 6) is -3.92. The monoisotopic (exact) mass is 550 g/mol. The second-order valence-electron chi connectivity index (χ2n) is 8.61. The minimum Gasteiger partial charge on any atom is -0.481 e. The van der Waals surface area contributed by atoms with Gasteiger partial charge in [-0.05, 0) is 37.1 Å². The van der Waals surface area contributed by atoms with E-state index >= 15 is 0 Å². The van der Waals surface area contributed by atoms with Crippen LogP contribution in [0.15, 0.2) is 47.4 Å². The van der Waals surface area contributed by atoms with Gasteiger partial charge in [-0.2, -0.15) is 0 Å². The molecule has 1 saturated carbocycles. The molecule has 4 rings (SSSR count). The van der Waals surface area contributed by atoms with Crippen LogP contribution in [0.1, 0.15) is 37.8 Å². The first-order valence-electron chi connectivity index (χ1n) is 11.6. The van der Waals surface area contributed by atoms with E-state index < -0.39 is 46.4 Å². The highest BCUT2D eigenvalue weighted by Gasteiger charge is 2.29. The van der Waals surface area contributed by atoms with E-state index in [1.165, 1.54) is 12.1 Å². The first-order valence-corrected chi connectivity index (χ1v) is 13.9. The van der Waals surface area contributed by atoms with Crippen molar-refractivity contribution in [1.82, 2.24) is 4.98 Å². The molecule has 1 aromatic heterocycles. The number of thiazole rings is 1. The standard InChI is InChI=1S/C25H24F2N2O6S2/c26-16-8-11-21(19(27)12-16)35-14-22(30)29-25-20(13-23(31)32)28-24(36-25)15-6-9-18(10-7-15)37(33,34)17-4-2-1-3-5-17/h6-12,17H,1-5,13-14H2,(H,29,30)(H,31,32). The van der Waals surface area contributed by atoms with E-state index in [4.69, 9.17) is 4.74 Å². The first kappa shape index (κ1) is 26.7. The number of hydrogen-bond donors (Lipinski definition) is 2. The van der Waals surface area contributed by atoms with Crippen LogP contribution in [0.2, 0.25) is 0 Å². The number of carbonyl (C=O) groups excluding carboxylic acids is 1. The number of nitrogens with zero attached hydrogens (tertiary/aromatic N) is 1. The molecule has 1 aliphatic carbocycles. The maximum absolute atomic E-state index is 13.7. The molecule has 37 heavy (non-hydrogen) atoms. The van der Waals surface area contributed by atoms with Crippen molar-refractivity contribution in [3.8, 4) is 16.3 Å². The van der Waals surface area contributed by atoms with Gasteiger partial charge in [-0.3, -0.25) is 9.59 Å². The lowest BCUT2D eigenvalue weighted by Gasteiger charge is -2.21. The van der Waals surface area contributed by atoms with Crippen molar-refractivity contribution in [3.05, 3.63) is 59.8 Å². The van der Waals surface area contributed by atoms with E-state index in [-0.39, 0.29) is 26.6 Å². The smallest absolute Gasteiger partial charge is 0.309 e. The van der Waals surface area contributed by atoms with Gasteiger partial charge in [0.25, 0.3) is 5.91 Å². The summed E-state index contributed by atoms with van der Waals surface area (Å²) in [5.41, 5.74) is 0.664. The molecule has 0 radical (unpaired) electrons. The van der Waals surface area contributed by atoms with Crippen LogP contribution in [-0.2, 0) is 25.8 Å². The van der Waals surface area contributed by atoms with Gasteiger partial charge in [0, 0.05) is 11.6 Å². The summed E-state index contributed by atoms with van der Waals surface area (Å²) in [7, 11) is -3.44. The van der Waals surface area contributed by atoms with Gasteiger partial charge >= 0.3 is 5.97 Å². The number of ether oxygens (including phenoxy) is 1. The fourth-order valence-electron chi connectivity index (χ4n) is 4.09. The van der Waals surface area contributed by atoms with Gasteiger partial charge in [0.2, 0.25) is 0 Å². The number of hydrogen-bond acceptors (Lipinski definition) is 7. The molecule has 0 bridgehead atoms. The predicted molar refractivity (Wildman–Crippen MR) is 133 cm³/mol. The minimum atomic E-state index is -3.44. The maximum Gasteiger partial charge on any atom is 0.309 e. The summed E-state index contributed by atoms with van der Waals surface area (Å²) in [5, 5.41) is 11.9. The van der Waals surface area contributed by atoms with Crippen molar-refractivity contribution in [2.24, 2.45) is 0 Å². The SMILES string of the molecule is O=C(O)Cc1nc(-c2ccc(S(=O)(=O)C3CCCCC3)cc2)sc1NC(=O)COc1ccc(F)cc1F. The Balaban J connectivity index is 1.50. The van der Waals surface area contributed by atoms with E-state index in [1.54, 1.807) is 12.1 Å². The van der Waals surface area contributed by atoms with Crippen LogP contribution in [0.5, 0.6) is 5.75 Å².